The number of nitrogens with one attached hydrogen (secondary N) is 1. The Bertz CT molecular complexity index is 511. The summed E-state index contributed by atoms with van der Waals surface area (Å²) in [6, 6.07) is 6.11. The molecule has 3 rings (SSSR count). The van der Waals surface area contributed by atoms with E-state index in [4.69, 9.17) is 0 Å². The maximum atomic E-state index is 12.3. The fraction of sp³-hybridized carbons (Fsp3) is 0.647. The fourth-order valence-electron chi connectivity index (χ4n) is 3.18. The maximum absolute atomic E-state index is 12.3. The molecule has 1 aromatic rings. The predicted molar refractivity (Wildman–Crippen MR) is 94.6 cm³/mol. The topological polar surface area (TPSA) is 48.5 Å². The number of pyridine rings is 1. The molecule has 0 aromatic carbocycles. The normalized spacial score (nSPS) is 25.5. The third-order valence-corrected chi connectivity index (χ3v) is 6.22. The highest BCUT2D eigenvalue weighted by atomic mass is 32.2. The van der Waals surface area contributed by atoms with E-state index in [9.17, 15) is 4.79 Å². The Hall–Kier alpha value is -1.27. The number of hydrogen-bond acceptors (Lipinski definition) is 4. The van der Waals surface area contributed by atoms with Gasteiger partial charge in [-0.25, -0.2) is 4.79 Å². The van der Waals surface area contributed by atoms with Crippen molar-refractivity contribution in [2.45, 2.75) is 31.1 Å². The summed E-state index contributed by atoms with van der Waals surface area (Å²) in [4.78, 5) is 21.0. The maximum Gasteiger partial charge on any atom is 0.317 e. The Morgan fingerprint density at radius 2 is 2.17 bits per heavy atom. The third kappa shape index (κ3) is 4.61. The number of carbonyl (C=O) groups is 1. The van der Waals surface area contributed by atoms with Crippen LogP contribution in [0.2, 0.25) is 0 Å². The van der Waals surface area contributed by atoms with Gasteiger partial charge in [-0.15, -0.1) is 0 Å². The average molecular weight is 334 g/mol. The van der Waals surface area contributed by atoms with Crippen LogP contribution >= 0.6 is 11.8 Å². The van der Waals surface area contributed by atoms with Crippen molar-refractivity contribution in [2.75, 3.05) is 38.5 Å². The number of hydrogen-bond donors (Lipinski definition) is 1. The molecule has 2 saturated heterocycles. The molecule has 1 aromatic heterocycles. The molecule has 0 saturated carbocycles. The Labute approximate surface area is 142 Å². The van der Waals surface area contributed by atoms with Crippen LogP contribution in [0.1, 0.15) is 25.5 Å². The van der Waals surface area contributed by atoms with Crippen molar-refractivity contribution in [3.8, 4) is 0 Å². The van der Waals surface area contributed by atoms with Gasteiger partial charge in [-0.2, -0.15) is 11.8 Å². The van der Waals surface area contributed by atoms with Gasteiger partial charge in [0.25, 0.3) is 0 Å². The van der Waals surface area contributed by atoms with Crippen LogP contribution in [-0.2, 0) is 6.54 Å². The van der Waals surface area contributed by atoms with Crippen molar-refractivity contribution in [3.05, 3.63) is 30.1 Å². The number of carbonyl (C=O) groups excluding carboxylic acids is 1. The van der Waals surface area contributed by atoms with Crippen LogP contribution in [0.4, 0.5) is 4.79 Å². The van der Waals surface area contributed by atoms with Crippen molar-refractivity contribution >= 4 is 17.8 Å². The molecular weight excluding hydrogens is 308 g/mol. The number of aromatic nitrogens is 1. The van der Waals surface area contributed by atoms with Crippen LogP contribution in [0, 0.1) is 0 Å². The van der Waals surface area contributed by atoms with Crippen molar-refractivity contribution in [1.82, 2.24) is 20.1 Å². The van der Waals surface area contributed by atoms with Gasteiger partial charge in [-0.05, 0) is 37.7 Å². The van der Waals surface area contributed by atoms with E-state index in [2.05, 4.69) is 28.2 Å². The Kier molecular flexibility index (Phi) is 5.43. The predicted octanol–water partition coefficient (Wildman–Crippen LogP) is 2.19. The Morgan fingerprint density at radius 1 is 1.35 bits per heavy atom. The highest BCUT2D eigenvalue weighted by Crippen LogP contribution is 2.36. The van der Waals surface area contributed by atoms with Gasteiger partial charge in [-0.1, -0.05) is 6.07 Å². The van der Waals surface area contributed by atoms with Crippen LogP contribution in [0.5, 0.6) is 0 Å². The standard InChI is InChI=1S/C17H26N4OS/c1-17(6-4-12-23-17)14-19-16(22)21-10-8-20(9-11-21)13-15-5-2-3-7-18-15/h2-3,5,7H,4,6,8-14H2,1H3,(H,19,22). The Morgan fingerprint density at radius 3 is 2.83 bits per heavy atom. The summed E-state index contributed by atoms with van der Waals surface area (Å²) in [6.45, 7) is 7.32. The van der Waals surface area contributed by atoms with Gasteiger partial charge in [0.2, 0.25) is 0 Å². The van der Waals surface area contributed by atoms with Crippen molar-refractivity contribution in [1.29, 1.82) is 0 Å². The number of nitrogens with zero attached hydrogens (tertiary/aromatic N) is 3. The molecular formula is C17H26N4OS. The first kappa shape index (κ1) is 16.6. The van der Waals surface area contributed by atoms with Gasteiger partial charge in [0.1, 0.15) is 0 Å². The largest absolute Gasteiger partial charge is 0.337 e. The lowest BCUT2D eigenvalue weighted by Crippen LogP contribution is -2.53. The van der Waals surface area contributed by atoms with Crippen LogP contribution in [0.25, 0.3) is 0 Å². The number of thioether (sulfide) groups is 1. The molecule has 0 bridgehead atoms. The van der Waals surface area contributed by atoms with Gasteiger partial charge >= 0.3 is 6.03 Å². The monoisotopic (exact) mass is 334 g/mol. The molecule has 0 spiro atoms. The molecule has 23 heavy (non-hydrogen) atoms. The Balaban J connectivity index is 1.40. The molecule has 2 aliphatic rings. The molecule has 3 heterocycles. The summed E-state index contributed by atoms with van der Waals surface area (Å²) in [7, 11) is 0. The van der Waals surface area contributed by atoms with E-state index in [1.165, 1.54) is 18.6 Å². The molecule has 2 fully saturated rings. The van der Waals surface area contributed by atoms with Crippen LogP contribution < -0.4 is 5.32 Å². The lowest BCUT2D eigenvalue weighted by molar-refractivity contribution is 0.134. The minimum Gasteiger partial charge on any atom is -0.337 e. The molecule has 1 unspecified atom stereocenters. The summed E-state index contributed by atoms with van der Waals surface area (Å²) in [5.41, 5.74) is 1.09. The van der Waals surface area contributed by atoms with E-state index in [0.29, 0.717) is 0 Å². The molecule has 1 N–H and O–H groups in total. The first-order valence-electron chi connectivity index (χ1n) is 8.44. The van der Waals surface area contributed by atoms with Gasteiger partial charge in [-0.3, -0.25) is 9.88 Å². The van der Waals surface area contributed by atoms with Crippen LogP contribution in [-0.4, -0.2) is 64.0 Å². The summed E-state index contributed by atoms with van der Waals surface area (Å²) < 4.78 is 0.233. The van der Waals surface area contributed by atoms with E-state index < -0.39 is 0 Å². The average Bonchev–Trinajstić information content (AvgIpc) is 3.01. The molecule has 2 amide bonds. The number of piperazine rings is 1. The second-order valence-corrected chi connectivity index (χ2v) is 8.33. The third-order valence-electron chi connectivity index (χ3n) is 4.69. The molecule has 5 nitrogen and oxygen atoms in total. The zero-order valence-corrected chi connectivity index (χ0v) is 14.6. The van der Waals surface area contributed by atoms with Crippen LogP contribution in [0.15, 0.2) is 24.4 Å². The lowest BCUT2D eigenvalue weighted by Gasteiger charge is -2.35. The smallest absolute Gasteiger partial charge is 0.317 e. The van der Waals surface area contributed by atoms with E-state index in [-0.39, 0.29) is 10.8 Å². The van der Waals surface area contributed by atoms with Crippen LogP contribution in [0.3, 0.4) is 0 Å². The number of amides is 2. The molecule has 126 valence electrons. The van der Waals surface area contributed by atoms with E-state index in [1.807, 2.05) is 35.0 Å². The molecule has 2 aliphatic heterocycles. The van der Waals surface area contributed by atoms with E-state index >= 15 is 0 Å². The fourth-order valence-corrected chi connectivity index (χ4v) is 4.42. The zero-order chi connectivity index (χ0) is 16.1. The summed E-state index contributed by atoms with van der Waals surface area (Å²) in [6.07, 6.45) is 4.31. The first-order chi connectivity index (χ1) is 11.1. The molecule has 6 heteroatoms. The van der Waals surface area contributed by atoms with E-state index in [0.717, 1.165) is 45.0 Å². The summed E-state index contributed by atoms with van der Waals surface area (Å²) in [5, 5.41) is 3.13. The second kappa shape index (κ2) is 7.53. The molecule has 0 aliphatic carbocycles. The van der Waals surface area contributed by atoms with Crippen molar-refractivity contribution in [3.63, 3.8) is 0 Å². The molecule has 0 radical (unpaired) electrons. The highest BCUT2D eigenvalue weighted by Gasteiger charge is 2.30. The first-order valence-corrected chi connectivity index (χ1v) is 9.42. The van der Waals surface area contributed by atoms with Crippen molar-refractivity contribution in [2.24, 2.45) is 0 Å². The van der Waals surface area contributed by atoms with Gasteiger partial charge in [0.05, 0.1) is 5.69 Å². The minimum atomic E-state index is 0.0937. The summed E-state index contributed by atoms with van der Waals surface area (Å²) >= 11 is 1.99. The summed E-state index contributed by atoms with van der Waals surface area (Å²) in [5.74, 6) is 1.22. The van der Waals surface area contributed by atoms with Crippen molar-refractivity contribution < 1.29 is 4.79 Å². The lowest BCUT2D eigenvalue weighted by atomic mass is 10.1. The van der Waals surface area contributed by atoms with Gasteiger partial charge < -0.3 is 10.2 Å². The minimum absolute atomic E-state index is 0.0937. The van der Waals surface area contributed by atoms with E-state index in [1.54, 1.807) is 0 Å². The second-order valence-electron chi connectivity index (χ2n) is 6.64. The number of rotatable bonds is 4. The zero-order valence-electron chi connectivity index (χ0n) is 13.8. The quantitative estimate of drug-likeness (QED) is 0.917. The number of urea groups is 1. The SMILES string of the molecule is CC1(CNC(=O)N2CCN(Cc3ccccn3)CC2)CCCS1. The molecule has 1 atom stereocenters. The van der Waals surface area contributed by atoms with Gasteiger partial charge in [0.15, 0.2) is 0 Å². The van der Waals surface area contributed by atoms with Gasteiger partial charge in [0, 0.05) is 50.2 Å². The highest BCUT2D eigenvalue weighted by molar-refractivity contribution is 8.00.